The van der Waals surface area contributed by atoms with Gasteiger partial charge in [-0.2, -0.15) is 18.3 Å². The average molecular weight is 305 g/mol. The summed E-state index contributed by atoms with van der Waals surface area (Å²) in [4.78, 5) is 13.6. The first kappa shape index (κ1) is 15.8. The molecule has 0 unspecified atom stereocenters. The van der Waals surface area contributed by atoms with Crippen molar-refractivity contribution in [3.63, 3.8) is 0 Å². The largest absolute Gasteiger partial charge is 0.433 e. The van der Waals surface area contributed by atoms with E-state index < -0.39 is 28.8 Å². The molecule has 1 aromatic heterocycles. The van der Waals surface area contributed by atoms with Gasteiger partial charge in [0.25, 0.3) is 5.91 Å². The number of alkyl halides is 3. The number of rotatable bonds is 1. The second-order valence-electron chi connectivity index (χ2n) is 6.36. The predicted octanol–water partition coefficient (Wildman–Crippen LogP) is 1.67. The number of amides is 1. The van der Waals surface area contributed by atoms with Gasteiger partial charge >= 0.3 is 6.18 Å². The number of halogens is 3. The molecule has 1 fully saturated rings. The topological polar surface area (TPSA) is 58.4 Å². The zero-order chi connectivity index (χ0) is 16.2. The Morgan fingerprint density at radius 2 is 1.90 bits per heavy atom. The molecule has 0 radical (unpaired) electrons. The Hall–Kier alpha value is -1.57. The molecular formula is C13H18F3N3O2. The fraction of sp³-hybridized carbons (Fsp3) is 0.692. The molecule has 1 atom stereocenters. The van der Waals surface area contributed by atoms with E-state index in [0.29, 0.717) is 4.68 Å². The SMILES string of the molecule is Cn1nc(C(=O)N2CC(C)(C)[C@@](C)(O)C2)cc1C(F)(F)F. The number of carbonyl (C=O) groups is 1. The molecule has 1 aromatic rings. The molecule has 0 saturated carbocycles. The van der Waals surface area contributed by atoms with Crippen molar-refractivity contribution in [3.8, 4) is 0 Å². The maximum atomic E-state index is 12.7. The number of hydrogen-bond acceptors (Lipinski definition) is 3. The van der Waals surface area contributed by atoms with Crippen molar-refractivity contribution in [2.75, 3.05) is 13.1 Å². The maximum absolute atomic E-state index is 12.7. The van der Waals surface area contributed by atoms with Gasteiger partial charge in [0.1, 0.15) is 5.69 Å². The van der Waals surface area contributed by atoms with Gasteiger partial charge < -0.3 is 10.0 Å². The van der Waals surface area contributed by atoms with Crippen LogP contribution in [0.5, 0.6) is 0 Å². The summed E-state index contributed by atoms with van der Waals surface area (Å²) in [7, 11) is 1.14. The first-order valence-corrected chi connectivity index (χ1v) is 6.48. The highest BCUT2D eigenvalue weighted by molar-refractivity contribution is 5.92. The number of aryl methyl sites for hydroxylation is 1. The third-order valence-electron chi connectivity index (χ3n) is 4.22. The van der Waals surface area contributed by atoms with Gasteiger partial charge in [-0.05, 0) is 6.92 Å². The number of carbonyl (C=O) groups excluding carboxylic acids is 1. The Bertz CT molecular complexity index is 560. The lowest BCUT2D eigenvalue weighted by Crippen LogP contribution is -2.40. The molecule has 0 bridgehead atoms. The molecule has 8 heteroatoms. The van der Waals surface area contributed by atoms with E-state index in [0.717, 1.165) is 13.1 Å². The summed E-state index contributed by atoms with van der Waals surface area (Å²) in [6.07, 6.45) is -4.56. The van der Waals surface area contributed by atoms with Gasteiger partial charge in [-0.3, -0.25) is 9.48 Å². The van der Waals surface area contributed by atoms with Crippen LogP contribution in [0.15, 0.2) is 6.07 Å². The highest BCUT2D eigenvalue weighted by Gasteiger charge is 2.49. The smallest absolute Gasteiger partial charge is 0.388 e. The van der Waals surface area contributed by atoms with Gasteiger partial charge in [-0.1, -0.05) is 13.8 Å². The van der Waals surface area contributed by atoms with Crippen LogP contribution in [0, 0.1) is 5.41 Å². The fourth-order valence-electron chi connectivity index (χ4n) is 2.43. The van der Waals surface area contributed by atoms with Crippen molar-refractivity contribution in [3.05, 3.63) is 17.5 Å². The second kappa shape index (κ2) is 4.46. The van der Waals surface area contributed by atoms with Crippen LogP contribution in [0.4, 0.5) is 13.2 Å². The van der Waals surface area contributed by atoms with Crippen LogP contribution >= 0.6 is 0 Å². The van der Waals surface area contributed by atoms with Gasteiger partial charge in [-0.25, -0.2) is 0 Å². The van der Waals surface area contributed by atoms with Crippen LogP contribution < -0.4 is 0 Å². The molecule has 1 amide bonds. The minimum absolute atomic E-state index is 0.0662. The fourth-order valence-corrected chi connectivity index (χ4v) is 2.43. The lowest BCUT2D eigenvalue weighted by Gasteiger charge is -2.30. The Balaban J connectivity index is 2.27. The van der Waals surface area contributed by atoms with E-state index in [1.54, 1.807) is 20.8 Å². The van der Waals surface area contributed by atoms with E-state index in [-0.39, 0.29) is 18.8 Å². The van der Waals surface area contributed by atoms with E-state index in [4.69, 9.17) is 0 Å². The van der Waals surface area contributed by atoms with Crippen molar-refractivity contribution in [2.24, 2.45) is 12.5 Å². The first-order chi connectivity index (χ1) is 9.35. The minimum Gasteiger partial charge on any atom is -0.388 e. The highest BCUT2D eigenvalue weighted by Crippen LogP contribution is 2.39. The third-order valence-corrected chi connectivity index (χ3v) is 4.22. The van der Waals surface area contributed by atoms with Gasteiger partial charge in [0.2, 0.25) is 0 Å². The zero-order valence-electron chi connectivity index (χ0n) is 12.3. The molecule has 1 N–H and O–H groups in total. The molecular weight excluding hydrogens is 287 g/mol. The van der Waals surface area contributed by atoms with Gasteiger partial charge in [0.05, 0.1) is 12.1 Å². The van der Waals surface area contributed by atoms with Gasteiger partial charge in [-0.15, -0.1) is 0 Å². The third kappa shape index (κ3) is 2.64. The molecule has 2 heterocycles. The van der Waals surface area contributed by atoms with E-state index in [9.17, 15) is 23.1 Å². The van der Waals surface area contributed by atoms with Crippen LogP contribution in [0.3, 0.4) is 0 Å². The van der Waals surface area contributed by atoms with Crippen molar-refractivity contribution < 1.29 is 23.1 Å². The quantitative estimate of drug-likeness (QED) is 0.858. The van der Waals surface area contributed by atoms with Crippen molar-refractivity contribution in [1.29, 1.82) is 0 Å². The summed E-state index contributed by atoms with van der Waals surface area (Å²) in [6.45, 7) is 5.55. The summed E-state index contributed by atoms with van der Waals surface area (Å²) in [5.74, 6) is -0.605. The van der Waals surface area contributed by atoms with Crippen molar-refractivity contribution in [1.82, 2.24) is 14.7 Å². The van der Waals surface area contributed by atoms with Gasteiger partial charge in [0, 0.05) is 25.1 Å². The first-order valence-electron chi connectivity index (χ1n) is 6.48. The number of hydrogen-bond donors (Lipinski definition) is 1. The number of aromatic nitrogens is 2. The molecule has 2 rings (SSSR count). The zero-order valence-corrected chi connectivity index (χ0v) is 12.3. The molecule has 0 aliphatic carbocycles. The van der Waals surface area contributed by atoms with E-state index in [1.165, 1.54) is 4.90 Å². The summed E-state index contributed by atoms with van der Waals surface area (Å²) < 4.78 is 38.8. The standard InChI is InChI=1S/C13H18F3N3O2/c1-11(2)6-19(7-12(11,3)21)10(20)8-5-9(13(14,15)16)18(4)17-8/h5,21H,6-7H2,1-4H3/t12-/m0/s1. The van der Waals surface area contributed by atoms with Crippen molar-refractivity contribution >= 4 is 5.91 Å². The number of aliphatic hydroxyl groups is 1. The van der Waals surface area contributed by atoms with Crippen LogP contribution in [0.1, 0.15) is 37.0 Å². The average Bonchev–Trinajstić information content (AvgIpc) is 2.76. The predicted molar refractivity (Wildman–Crippen MR) is 68.5 cm³/mol. The van der Waals surface area contributed by atoms with E-state index >= 15 is 0 Å². The summed E-state index contributed by atoms with van der Waals surface area (Å²) in [5, 5.41) is 13.9. The summed E-state index contributed by atoms with van der Waals surface area (Å²) >= 11 is 0. The second-order valence-corrected chi connectivity index (χ2v) is 6.36. The number of likely N-dealkylation sites (tertiary alicyclic amines) is 1. The Morgan fingerprint density at radius 3 is 2.29 bits per heavy atom. The van der Waals surface area contributed by atoms with Crippen LogP contribution in [-0.4, -0.2) is 44.4 Å². The summed E-state index contributed by atoms with van der Waals surface area (Å²) in [5.41, 5.74) is -2.87. The van der Waals surface area contributed by atoms with Crippen LogP contribution in [0.25, 0.3) is 0 Å². The van der Waals surface area contributed by atoms with E-state index in [1.807, 2.05) is 0 Å². The van der Waals surface area contributed by atoms with Gasteiger partial charge in [0.15, 0.2) is 5.69 Å². The Morgan fingerprint density at radius 1 is 1.33 bits per heavy atom. The molecule has 0 aromatic carbocycles. The highest BCUT2D eigenvalue weighted by atomic mass is 19.4. The number of β-amino-alcohol motifs (C(OH)–C–C–N with tert-alkyl or cyclic N) is 1. The molecule has 0 spiro atoms. The van der Waals surface area contributed by atoms with Crippen LogP contribution in [-0.2, 0) is 13.2 Å². The lowest BCUT2D eigenvalue weighted by molar-refractivity contribution is -0.143. The van der Waals surface area contributed by atoms with Crippen molar-refractivity contribution in [2.45, 2.75) is 32.5 Å². The molecule has 1 saturated heterocycles. The minimum atomic E-state index is -4.56. The monoisotopic (exact) mass is 305 g/mol. The molecule has 118 valence electrons. The lowest BCUT2D eigenvalue weighted by atomic mass is 9.79. The molecule has 5 nitrogen and oxygen atoms in total. The molecule has 1 aliphatic heterocycles. The normalized spacial score (nSPS) is 25.4. The van der Waals surface area contributed by atoms with E-state index in [2.05, 4.69) is 5.10 Å². The van der Waals surface area contributed by atoms with Crippen LogP contribution in [0.2, 0.25) is 0 Å². The number of nitrogens with zero attached hydrogens (tertiary/aromatic N) is 3. The Kier molecular flexibility index (Phi) is 3.36. The summed E-state index contributed by atoms with van der Waals surface area (Å²) in [6, 6.07) is 0.738. The Labute approximate surface area is 120 Å². The maximum Gasteiger partial charge on any atom is 0.433 e. The molecule has 21 heavy (non-hydrogen) atoms. The molecule has 1 aliphatic rings.